The highest BCUT2D eigenvalue weighted by atomic mass is 35.5. The fourth-order valence-electron chi connectivity index (χ4n) is 4.85. The number of hydrogen-bond acceptors (Lipinski definition) is 5. The first kappa shape index (κ1) is 16.3. The van der Waals surface area contributed by atoms with E-state index in [0.29, 0.717) is 22.8 Å². The summed E-state index contributed by atoms with van der Waals surface area (Å²) in [5.41, 5.74) is 9.09. The Hall–Kier alpha value is -1.63. The molecule has 4 aliphatic rings. The van der Waals surface area contributed by atoms with Gasteiger partial charge in [0.25, 0.3) is 0 Å². The minimum atomic E-state index is 0.370. The number of fused-ring (bicyclic) bond motifs is 1. The van der Waals surface area contributed by atoms with E-state index in [0.717, 1.165) is 48.8 Å². The zero-order chi connectivity index (χ0) is 18.1. The van der Waals surface area contributed by atoms with Crippen LogP contribution in [0, 0.1) is 17.8 Å². The number of piperidine rings is 1. The Morgan fingerprint density at radius 1 is 1.19 bits per heavy atom. The molecule has 2 aliphatic carbocycles. The minimum absolute atomic E-state index is 0.370. The quantitative estimate of drug-likeness (QED) is 0.856. The third-order valence-corrected chi connectivity index (χ3v) is 7.11. The van der Waals surface area contributed by atoms with E-state index in [2.05, 4.69) is 20.6 Å². The minimum Gasteiger partial charge on any atom is -0.382 e. The Kier molecular flexibility index (Phi) is 3.59. The number of likely N-dealkylation sites (tertiary alicyclic amines) is 1. The monoisotopic (exact) mass is 385 g/mol. The van der Waals surface area contributed by atoms with Crippen LogP contribution in [0.25, 0.3) is 11.3 Å². The van der Waals surface area contributed by atoms with Crippen LogP contribution in [0.4, 0.5) is 5.82 Å². The lowest BCUT2D eigenvalue weighted by molar-refractivity contribution is -0.0610. The second-order valence-corrected chi connectivity index (χ2v) is 9.08. The SMILES string of the molecule is Nc1ncc(-c2cc([C@@H]3[C@@H]4CN(C5COC5)C[C@@H]43)n(CC3CC3)n2)cc1Cl. The van der Waals surface area contributed by atoms with E-state index in [1.807, 2.05) is 6.07 Å². The second kappa shape index (κ2) is 5.93. The van der Waals surface area contributed by atoms with Gasteiger partial charge in [0.1, 0.15) is 5.82 Å². The van der Waals surface area contributed by atoms with Crippen molar-refractivity contribution in [2.75, 3.05) is 32.0 Å². The van der Waals surface area contributed by atoms with Crippen molar-refractivity contribution in [2.45, 2.75) is 31.3 Å². The van der Waals surface area contributed by atoms with Crippen LogP contribution in [0.2, 0.25) is 5.02 Å². The Balaban J connectivity index is 1.27. The molecule has 142 valence electrons. The highest BCUT2D eigenvalue weighted by Gasteiger charge is 2.58. The van der Waals surface area contributed by atoms with Crippen LogP contribution in [0.15, 0.2) is 18.3 Å². The van der Waals surface area contributed by atoms with Crippen molar-refractivity contribution in [1.29, 1.82) is 0 Å². The molecule has 6 nitrogen and oxygen atoms in total. The van der Waals surface area contributed by atoms with E-state index >= 15 is 0 Å². The molecule has 0 unspecified atom stereocenters. The zero-order valence-electron chi connectivity index (χ0n) is 15.2. The molecule has 3 atom stereocenters. The molecule has 0 aromatic carbocycles. The van der Waals surface area contributed by atoms with Crippen molar-refractivity contribution in [3.05, 3.63) is 29.0 Å². The molecule has 2 aliphatic heterocycles. The fourth-order valence-corrected chi connectivity index (χ4v) is 5.02. The summed E-state index contributed by atoms with van der Waals surface area (Å²) < 4.78 is 7.64. The molecule has 2 aromatic heterocycles. The lowest BCUT2D eigenvalue weighted by Gasteiger charge is -2.35. The summed E-state index contributed by atoms with van der Waals surface area (Å²) in [4.78, 5) is 6.83. The summed E-state index contributed by atoms with van der Waals surface area (Å²) in [6, 6.07) is 4.81. The largest absolute Gasteiger partial charge is 0.382 e. The number of hydrogen-bond donors (Lipinski definition) is 1. The van der Waals surface area contributed by atoms with Crippen molar-refractivity contribution < 1.29 is 4.74 Å². The Morgan fingerprint density at radius 2 is 1.96 bits per heavy atom. The van der Waals surface area contributed by atoms with E-state index in [1.165, 1.54) is 31.6 Å². The summed E-state index contributed by atoms with van der Waals surface area (Å²) in [5.74, 6) is 3.38. The van der Waals surface area contributed by atoms with E-state index in [1.54, 1.807) is 6.20 Å². The maximum absolute atomic E-state index is 6.18. The molecule has 2 aromatic rings. The molecule has 2 saturated heterocycles. The van der Waals surface area contributed by atoms with Gasteiger partial charge in [-0.05, 0) is 42.7 Å². The van der Waals surface area contributed by atoms with Crippen LogP contribution >= 0.6 is 11.6 Å². The third-order valence-electron chi connectivity index (χ3n) is 6.81. The molecule has 0 bridgehead atoms. The number of ether oxygens (including phenoxy) is 1. The van der Waals surface area contributed by atoms with Crippen LogP contribution in [0.5, 0.6) is 0 Å². The first-order valence-electron chi connectivity index (χ1n) is 9.98. The Bertz CT molecular complexity index is 878. The van der Waals surface area contributed by atoms with E-state index in [9.17, 15) is 0 Å². The number of anilines is 1. The zero-order valence-corrected chi connectivity index (χ0v) is 16.0. The van der Waals surface area contributed by atoms with Crippen molar-refractivity contribution in [2.24, 2.45) is 17.8 Å². The summed E-state index contributed by atoms with van der Waals surface area (Å²) in [5, 5.41) is 5.44. The summed E-state index contributed by atoms with van der Waals surface area (Å²) in [6.07, 6.45) is 4.44. The van der Waals surface area contributed by atoms with Gasteiger partial charge in [0, 0.05) is 43.0 Å². The average Bonchev–Trinajstić information content (AvgIpc) is 3.44. The van der Waals surface area contributed by atoms with Gasteiger partial charge in [-0.15, -0.1) is 0 Å². The van der Waals surface area contributed by atoms with Gasteiger partial charge in [0.05, 0.1) is 30.0 Å². The standard InChI is InChI=1S/C20H24ClN5O/c21-16-3-12(5-23-20(16)22)17-4-18(26(24-17)6-11-1-2-11)19-14-7-25(8-15(14)19)13-9-27-10-13/h3-5,11,13-15,19H,1-2,6-10H2,(H2,22,23)/t14-,15+,19-. The first-order valence-corrected chi connectivity index (χ1v) is 10.4. The highest BCUT2D eigenvalue weighted by molar-refractivity contribution is 6.33. The number of aromatic nitrogens is 3. The predicted octanol–water partition coefficient (Wildman–Crippen LogP) is 2.63. The number of pyridine rings is 1. The molecule has 4 fully saturated rings. The second-order valence-electron chi connectivity index (χ2n) is 8.67. The van der Waals surface area contributed by atoms with Gasteiger partial charge in [0.15, 0.2) is 0 Å². The van der Waals surface area contributed by atoms with E-state index in [-0.39, 0.29) is 0 Å². The molecule has 2 saturated carbocycles. The van der Waals surface area contributed by atoms with Crippen molar-refractivity contribution in [1.82, 2.24) is 19.7 Å². The highest BCUT2D eigenvalue weighted by Crippen LogP contribution is 2.59. The van der Waals surface area contributed by atoms with Crippen molar-refractivity contribution in [3.8, 4) is 11.3 Å². The maximum Gasteiger partial charge on any atom is 0.142 e. The molecule has 6 rings (SSSR count). The molecule has 0 radical (unpaired) electrons. The average molecular weight is 386 g/mol. The number of nitrogen functional groups attached to an aromatic ring is 1. The molecule has 4 heterocycles. The smallest absolute Gasteiger partial charge is 0.142 e. The number of halogens is 1. The van der Waals surface area contributed by atoms with Crippen LogP contribution in [-0.2, 0) is 11.3 Å². The summed E-state index contributed by atoms with van der Waals surface area (Å²) in [7, 11) is 0. The Morgan fingerprint density at radius 3 is 2.59 bits per heavy atom. The molecule has 2 N–H and O–H groups in total. The van der Waals surface area contributed by atoms with Crippen LogP contribution in [0.1, 0.15) is 24.5 Å². The van der Waals surface area contributed by atoms with Gasteiger partial charge in [-0.3, -0.25) is 9.58 Å². The van der Waals surface area contributed by atoms with Gasteiger partial charge in [-0.2, -0.15) is 5.10 Å². The van der Waals surface area contributed by atoms with Gasteiger partial charge in [-0.25, -0.2) is 4.98 Å². The fraction of sp³-hybridized carbons (Fsp3) is 0.600. The molecular weight excluding hydrogens is 362 g/mol. The summed E-state index contributed by atoms with van der Waals surface area (Å²) in [6.45, 7) is 5.30. The normalized spacial score (nSPS) is 30.3. The van der Waals surface area contributed by atoms with Crippen LogP contribution in [-0.4, -0.2) is 52.0 Å². The number of nitrogens with two attached hydrogens (primary N) is 1. The molecule has 0 amide bonds. The number of nitrogens with zero attached hydrogens (tertiary/aromatic N) is 4. The van der Waals surface area contributed by atoms with Gasteiger partial charge >= 0.3 is 0 Å². The van der Waals surface area contributed by atoms with Crippen LogP contribution in [0.3, 0.4) is 0 Å². The van der Waals surface area contributed by atoms with E-state index < -0.39 is 0 Å². The summed E-state index contributed by atoms with van der Waals surface area (Å²) >= 11 is 6.18. The molecule has 7 heteroatoms. The topological polar surface area (TPSA) is 69.2 Å². The van der Waals surface area contributed by atoms with Crippen molar-refractivity contribution >= 4 is 17.4 Å². The Labute approximate surface area is 163 Å². The lowest BCUT2D eigenvalue weighted by Crippen LogP contribution is -2.48. The molecule has 27 heavy (non-hydrogen) atoms. The maximum atomic E-state index is 6.18. The van der Waals surface area contributed by atoms with Crippen LogP contribution < -0.4 is 5.73 Å². The van der Waals surface area contributed by atoms with Gasteiger partial charge in [-0.1, -0.05) is 11.6 Å². The molecular formula is C20H24ClN5O. The molecule has 0 spiro atoms. The first-order chi connectivity index (χ1) is 13.2. The van der Waals surface area contributed by atoms with Gasteiger partial charge < -0.3 is 10.5 Å². The third kappa shape index (κ3) is 2.77. The predicted molar refractivity (Wildman–Crippen MR) is 104 cm³/mol. The number of rotatable bonds is 5. The van der Waals surface area contributed by atoms with E-state index in [4.69, 9.17) is 27.2 Å². The van der Waals surface area contributed by atoms with Gasteiger partial charge in [0.2, 0.25) is 0 Å². The lowest BCUT2D eigenvalue weighted by atomic mass is 10.1. The van der Waals surface area contributed by atoms with Crippen molar-refractivity contribution in [3.63, 3.8) is 0 Å².